The van der Waals surface area contributed by atoms with Crippen molar-refractivity contribution in [3.05, 3.63) is 72.9 Å². The predicted molar refractivity (Wildman–Crippen MR) is 145 cm³/mol. The van der Waals surface area contributed by atoms with Gasteiger partial charge < -0.3 is 9.72 Å². The van der Waals surface area contributed by atoms with Crippen LogP contribution in [-0.2, 0) is 0 Å². The highest BCUT2D eigenvalue weighted by Crippen LogP contribution is 2.36. The van der Waals surface area contributed by atoms with Gasteiger partial charge in [0, 0.05) is 52.4 Å². The van der Waals surface area contributed by atoms with Gasteiger partial charge in [-0.3, -0.25) is 15.1 Å². The van der Waals surface area contributed by atoms with E-state index in [0.29, 0.717) is 18.0 Å². The summed E-state index contributed by atoms with van der Waals surface area (Å²) >= 11 is 0. The van der Waals surface area contributed by atoms with E-state index in [9.17, 15) is 4.39 Å². The highest BCUT2D eigenvalue weighted by Gasteiger charge is 2.16. The van der Waals surface area contributed by atoms with Crippen molar-refractivity contribution in [2.75, 3.05) is 26.2 Å². The molecule has 0 atom stereocenters. The smallest absolute Gasteiger partial charge is 0.155 e. The maximum Gasteiger partial charge on any atom is 0.155 e. The largest absolute Gasteiger partial charge is 0.492 e. The summed E-state index contributed by atoms with van der Waals surface area (Å²) in [5.74, 6) is 0.227. The summed E-state index contributed by atoms with van der Waals surface area (Å²) in [6.07, 6.45) is 7.88. The minimum atomic E-state index is -0.317. The Kier molecular flexibility index (Phi) is 5.62. The average molecular weight is 508 g/mol. The van der Waals surface area contributed by atoms with Crippen LogP contribution in [0.2, 0.25) is 0 Å². The second-order valence-electron chi connectivity index (χ2n) is 9.70. The number of hydrogen-bond acceptors (Lipinski definition) is 5. The molecule has 3 N–H and O–H groups in total. The zero-order chi connectivity index (χ0) is 25.5. The van der Waals surface area contributed by atoms with Crippen LogP contribution in [0.3, 0.4) is 0 Å². The zero-order valence-electron chi connectivity index (χ0n) is 20.7. The first-order valence-corrected chi connectivity index (χ1v) is 12.8. The van der Waals surface area contributed by atoms with Gasteiger partial charge in [-0.05, 0) is 67.4 Å². The molecule has 1 fully saturated rings. The fourth-order valence-electron chi connectivity index (χ4n) is 5.31. The van der Waals surface area contributed by atoms with Crippen LogP contribution < -0.4 is 4.74 Å². The Morgan fingerprint density at radius 1 is 0.947 bits per heavy atom. The van der Waals surface area contributed by atoms with Crippen molar-refractivity contribution < 1.29 is 9.13 Å². The van der Waals surface area contributed by atoms with Gasteiger partial charge in [0.1, 0.15) is 23.9 Å². The summed E-state index contributed by atoms with van der Waals surface area (Å²) in [6, 6.07) is 15.0. The van der Waals surface area contributed by atoms with Crippen LogP contribution in [0.25, 0.3) is 55.6 Å². The molecule has 0 amide bonds. The van der Waals surface area contributed by atoms with Gasteiger partial charge in [0.15, 0.2) is 5.65 Å². The molecule has 38 heavy (non-hydrogen) atoms. The second-order valence-corrected chi connectivity index (χ2v) is 9.70. The van der Waals surface area contributed by atoms with Crippen molar-refractivity contribution >= 4 is 21.9 Å². The van der Waals surface area contributed by atoms with E-state index in [0.717, 1.165) is 69.6 Å². The molecule has 8 nitrogen and oxygen atoms in total. The van der Waals surface area contributed by atoms with Crippen molar-refractivity contribution in [2.24, 2.45) is 0 Å². The highest BCUT2D eigenvalue weighted by atomic mass is 19.1. The van der Waals surface area contributed by atoms with E-state index in [1.165, 1.54) is 18.9 Å². The molecule has 9 heteroatoms. The Bertz CT molecular complexity index is 1730. The van der Waals surface area contributed by atoms with Gasteiger partial charge in [-0.25, -0.2) is 9.37 Å². The van der Waals surface area contributed by atoms with Crippen LogP contribution in [0.1, 0.15) is 12.8 Å². The summed E-state index contributed by atoms with van der Waals surface area (Å²) in [5.41, 5.74) is 6.85. The number of benzene rings is 2. The molecule has 1 aliphatic rings. The van der Waals surface area contributed by atoms with E-state index in [4.69, 9.17) is 4.74 Å². The normalized spacial score (nSPS) is 14.1. The number of nitrogens with one attached hydrogen (secondary N) is 3. The lowest BCUT2D eigenvalue weighted by Crippen LogP contribution is -2.25. The number of rotatable bonds is 7. The van der Waals surface area contributed by atoms with Gasteiger partial charge in [0.05, 0.1) is 11.9 Å². The first-order chi connectivity index (χ1) is 18.7. The minimum Gasteiger partial charge on any atom is -0.492 e. The van der Waals surface area contributed by atoms with Gasteiger partial charge in [-0.15, -0.1) is 0 Å². The van der Waals surface area contributed by atoms with E-state index >= 15 is 0 Å². The molecule has 0 aliphatic carbocycles. The quantitative estimate of drug-likeness (QED) is 0.255. The van der Waals surface area contributed by atoms with Crippen molar-refractivity contribution in [1.82, 2.24) is 35.3 Å². The topological polar surface area (TPSA) is 98.5 Å². The van der Waals surface area contributed by atoms with Crippen molar-refractivity contribution in [3.8, 4) is 39.4 Å². The lowest BCUT2D eigenvalue weighted by molar-refractivity contribution is 0.237. The molecule has 0 saturated carbocycles. The second kappa shape index (κ2) is 9.42. The monoisotopic (exact) mass is 507 g/mol. The summed E-state index contributed by atoms with van der Waals surface area (Å²) in [5, 5.41) is 16.3. The maximum atomic E-state index is 14.7. The Labute approximate surface area is 217 Å². The molecular weight excluding hydrogens is 481 g/mol. The average Bonchev–Trinajstić information content (AvgIpc) is 3.73. The molecular formula is C29H26FN7O. The fourth-order valence-corrected chi connectivity index (χ4v) is 5.31. The maximum absolute atomic E-state index is 14.7. The first kappa shape index (κ1) is 22.7. The number of likely N-dealkylation sites (tertiary alicyclic amines) is 1. The van der Waals surface area contributed by atoms with Gasteiger partial charge >= 0.3 is 0 Å². The molecule has 1 aliphatic heterocycles. The van der Waals surface area contributed by atoms with E-state index in [-0.39, 0.29) is 5.82 Å². The van der Waals surface area contributed by atoms with Crippen molar-refractivity contribution in [3.63, 3.8) is 0 Å². The van der Waals surface area contributed by atoms with Gasteiger partial charge in [-0.1, -0.05) is 12.1 Å². The number of aromatic nitrogens is 6. The molecule has 5 heterocycles. The lowest BCUT2D eigenvalue weighted by atomic mass is 10.0. The fraction of sp³-hybridized carbons (Fsp3) is 0.207. The van der Waals surface area contributed by atoms with Crippen molar-refractivity contribution in [1.29, 1.82) is 0 Å². The molecule has 0 unspecified atom stereocenters. The molecule has 1 saturated heterocycles. The number of fused-ring (bicyclic) bond motifs is 2. The number of ether oxygens (including phenoxy) is 1. The number of hydrogen-bond donors (Lipinski definition) is 3. The van der Waals surface area contributed by atoms with Crippen LogP contribution in [0.15, 0.2) is 67.1 Å². The Hall–Kier alpha value is -4.50. The van der Waals surface area contributed by atoms with Gasteiger partial charge in [-0.2, -0.15) is 10.2 Å². The standard InChI is InChI=1S/C29H26FN7O/c30-21-10-18(11-22(13-21)38-9-8-37-6-1-2-7-37)23-4-3-5-26-24(23)14-27(34-26)28-25-12-19(20-16-32-33-17-20)15-31-29(25)36-35-28/h3-5,10-17,34H,1-2,6-9H2,(H,32,33)(H,31,35,36). The zero-order valence-corrected chi connectivity index (χ0v) is 20.7. The Morgan fingerprint density at radius 2 is 1.87 bits per heavy atom. The number of nitrogens with zero attached hydrogens (tertiary/aromatic N) is 4. The summed E-state index contributed by atoms with van der Waals surface area (Å²) < 4.78 is 20.6. The number of H-pyrrole nitrogens is 3. The first-order valence-electron chi connectivity index (χ1n) is 12.8. The Morgan fingerprint density at radius 3 is 2.74 bits per heavy atom. The van der Waals surface area contributed by atoms with E-state index in [1.54, 1.807) is 18.5 Å². The molecule has 0 spiro atoms. The van der Waals surface area contributed by atoms with Gasteiger partial charge in [0.2, 0.25) is 0 Å². The van der Waals surface area contributed by atoms with E-state index in [1.807, 2.05) is 30.5 Å². The molecule has 7 rings (SSSR count). The minimum absolute atomic E-state index is 0.317. The third-order valence-electron chi connectivity index (χ3n) is 7.22. The number of aromatic amines is 3. The summed E-state index contributed by atoms with van der Waals surface area (Å²) in [7, 11) is 0. The number of pyridine rings is 1. The molecule has 190 valence electrons. The Balaban J connectivity index is 1.23. The highest BCUT2D eigenvalue weighted by molar-refractivity contribution is 6.01. The van der Waals surface area contributed by atoms with Crippen LogP contribution >= 0.6 is 0 Å². The predicted octanol–water partition coefficient (Wildman–Crippen LogP) is 5.78. The third-order valence-corrected chi connectivity index (χ3v) is 7.22. The summed E-state index contributed by atoms with van der Waals surface area (Å²) in [6.45, 7) is 3.63. The molecule has 0 bridgehead atoms. The van der Waals surface area contributed by atoms with Gasteiger partial charge in [0.25, 0.3) is 0 Å². The lowest BCUT2D eigenvalue weighted by Gasteiger charge is -2.15. The van der Waals surface area contributed by atoms with Crippen molar-refractivity contribution in [2.45, 2.75) is 12.8 Å². The SMILES string of the molecule is Fc1cc(OCCN2CCCC2)cc(-c2cccc3[nH]c(-c4n[nH]c5ncc(-c6cn[nH]c6)cc45)cc23)c1. The van der Waals surface area contributed by atoms with Crippen LogP contribution in [0.4, 0.5) is 4.39 Å². The third kappa shape index (κ3) is 4.20. The van der Waals surface area contributed by atoms with Crippen LogP contribution in [-0.4, -0.2) is 61.5 Å². The molecule has 2 aromatic carbocycles. The summed E-state index contributed by atoms with van der Waals surface area (Å²) in [4.78, 5) is 10.4. The number of halogens is 1. The molecule has 0 radical (unpaired) electrons. The van der Waals surface area contributed by atoms with Crippen LogP contribution in [0, 0.1) is 5.82 Å². The molecule has 4 aromatic heterocycles. The van der Waals surface area contributed by atoms with E-state index < -0.39 is 0 Å². The van der Waals surface area contributed by atoms with Crippen LogP contribution in [0.5, 0.6) is 5.75 Å². The van der Waals surface area contributed by atoms with E-state index in [2.05, 4.69) is 47.4 Å². The molecule has 6 aromatic rings.